The van der Waals surface area contributed by atoms with Crippen molar-refractivity contribution in [3.8, 4) is 0 Å². The predicted octanol–water partition coefficient (Wildman–Crippen LogP) is 3.75. The summed E-state index contributed by atoms with van der Waals surface area (Å²) in [5.74, 6) is 0.839. The van der Waals surface area contributed by atoms with Gasteiger partial charge in [0, 0.05) is 12.6 Å². The Morgan fingerprint density at radius 1 is 1.29 bits per heavy atom. The maximum absolute atomic E-state index is 5.81. The van der Waals surface area contributed by atoms with Gasteiger partial charge in [0.15, 0.2) is 0 Å². The molecule has 0 aliphatic carbocycles. The van der Waals surface area contributed by atoms with Gasteiger partial charge in [-0.1, -0.05) is 27.2 Å². The molecule has 17 heavy (non-hydrogen) atoms. The van der Waals surface area contributed by atoms with E-state index in [1.807, 2.05) is 0 Å². The van der Waals surface area contributed by atoms with Crippen LogP contribution in [0, 0.1) is 5.92 Å². The zero-order valence-electron chi connectivity index (χ0n) is 12.0. The van der Waals surface area contributed by atoms with E-state index in [4.69, 9.17) is 4.74 Å². The van der Waals surface area contributed by atoms with E-state index in [1.165, 1.54) is 44.9 Å². The molecule has 0 aromatic carbocycles. The highest BCUT2D eigenvalue weighted by atomic mass is 16.5. The van der Waals surface area contributed by atoms with Crippen LogP contribution in [0.15, 0.2) is 0 Å². The van der Waals surface area contributed by atoms with Gasteiger partial charge in [-0.2, -0.15) is 0 Å². The zero-order chi connectivity index (χ0) is 12.5. The van der Waals surface area contributed by atoms with Crippen LogP contribution < -0.4 is 5.32 Å². The fourth-order valence-corrected chi connectivity index (χ4v) is 2.67. The average Bonchev–Trinajstić information content (AvgIpc) is 2.37. The van der Waals surface area contributed by atoms with Crippen LogP contribution in [-0.4, -0.2) is 25.3 Å². The van der Waals surface area contributed by atoms with Gasteiger partial charge in [0.25, 0.3) is 0 Å². The summed E-state index contributed by atoms with van der Waals surface area (Å²) in [6.45, 7) is 8.94. The smallest absolute Gasteiger partial charge is 0.0575 e. The van der Waals surface area contributed by atoms with Crippen molar-refractivity contribution in [2.75, 3.05) is 13.2 Å². The largest absolute Gasteiger partial charge is 0.378 e. The lowest BCUT2D eigenvalue weighted by molar-refractivity contribution is 0.00822. The highest BCUT2D eigenvalue weighted by Crippen LogP contribution is 2.20. The molecular weight excluding hydrogens is 210 g/mol. The first-order chi connectivity index (χ1) is 8.26. The minimum Gasteiger partial charge on any atom is -0.378 e. The molecule has 3 unspecified atom stereocenters. The van der Waals surface area contributed by atoms with Crippen LogP contribution in [0.3, 0.4) is 0 Å². The Balaban J connectivity index is 2.22. The lowest BCUT2D eigenvalue weighted by Crippen LogP contribution is -2.32. The molecule has 0 radical (unpaired) electrons. The monoisotopic (exact) mass is 241 g/mol. The van der Waals surface area contributed by atoms with Crippen LogP contribution in [-0.2, 0) is 4.74 Å². The predicted molar refractivity (Wildman–Crippen MR) is 74.4 cm³/mol. The Hall–Kier alpha value is -0.0800. The number of hydrogen-bond donors (Lipinski definition) is 1. The third kappa shape index (κ3) is 6.42. The van der Waals surface area contributed by atoms with Crippen molar-refractivity contribution >= 4 is 0 Å². The molecule has 1 aliphatic heterocycles. The van der Waals surface area contributed by atoms with Gasteiger partial charge in [0.1, 0.15) is 0 Å². The van der Waals surface area contributed by atoms with Gasteiger partial charge < -0.3 is 10.1 Å². The maximum atomic E-state index is 5.81. The van der Waals surface area contributed by atoms with Crippen molar-refractivity contribution in [2.45, 2.75) is 77.9 Å². The van der Waals surface area contributed by atoms with Crippen molar-refractivity contribution in [1.29, 1.82) is 0 Å². The Labute approximate surface area is 108 Å². The minimum atomic E-state index is 0.543. The molecule has 102 valence electrons. The normalized spacial score (nSPS) is 24.5. The molecule has 1 aliphatic rings. The Bertz CT molecular complexity index is 178. The number of rotatable bonds is 8. The molecule has 0 aromatic rings. The van der Waals surface area contributed by atoms with Crippen LogP contribution in [0.2, 0.25) is 0 Å². The van der Waals surface area contributed by atoms with Gasteiger partial charge in [0.2, 0.25) is 0 Å². The third-order valence-electron chi connectivity index (χ3n) is 3.99. The third-order valence-corrected chi connectivity index (χ3v) is 3.99. The van der Waals surface area contributed by atoms with E-state index < -0.39 is 0 Å². The number of hydrogen-bond acceptors (Lipinski definition) is 2. The first kappa shape index (κ1) is 15.0. The summed E-state index contributed by atoms with van der Waals surface area (Å²) in [7, 11) is 0. The van der Waals surface area contributed by atoms with E-state index in [9.17, 15) is 0 Å². The van der Waals surface area contributed by atoms with E-state index in [2.05, 4.69) is 26.1 Å². The maximum Gasteiger partial charge on any atom is 0.0575 e. The molecular formula is C15H31NO. The van der Waals surface area contributed by atoms with Crippen molar-refractivity contribution in [3.63, 3.8) is 0 Å². The molecule has 0 bridgehead atoms. The second-order valence-corrected chi connectivity index (χ2v) is 5.57. The highest BCUT2D eigenvalue weighted by molar-refractivity contribution is 4.73. The molecule has 1 fully saturated rings. The second-order valence-electron chi connectivity index (χ2n) is 5.57. The van der Waals surface area contributed by atoms with Gasteiger partial charge in [-0.05, 0) is 51.0 Å². The van der Waals surface area contributed by atoms with E-state index in [0.717, 1.165) is 19.1 Å². The van der Waals surface area contributed by atoms with E-state index in [1.54, 1.807) is 0 Å². The standard InChI is InChI=1S/C15H31NO/c1-4-13(3)12-14(16-5-2)9-10-15-8-6-7-11-17-15/h13-16H,4-12H2,1-3H3. The topological polar surface area (TPSA) is 21.3 Å². The van der Waals surface area contributed by atoms with E-state index in [0.29, 0.717) is 12.1 Å². The summed E-state index contributed by atoms with van der Waals surface area (Å²) in [4.78, 5) is 0. The molecule has 1 N–H and O–H groups in total. The van der Waals surface area contributed by atoms with Crippen LogP contribution in [0.25, 0.3) is 0 Å². The Morgan fingerprint density at radius 3 is 2.71 bits per heavy atom. The first-order valence-corrected chi connectivity index (χ1v) is 7.61. The second kappa shape index (κ2) is 8.93. The molecule has 0 aromatic heterocycles. The van der Waals surface area contributed by atoms with Crippen LogP contribution >= 0.6 is 0 Å². The molecule has 2 heteroatoms. The summed E-state index contributed by atoms with van der Waals surface area (Å²) in [5, 5.41) is 3.63. The first-order valence-electron chi connectivity index (χ1n) is 7.61. The Kier molecular flexibility index (Phi) is 7.87. The molecule has 3 atom stereocenters. The molecule has 0 spiro atoms. The average molecular weight is 241 g/mol. The van der Waals surface area contributed by atoms with Gasteiger partial charge >= 0.3 is 0 Å². The van der Waals surface area contributed by atoms with Gasteiger partial charge in [-0.3, -0.25) is 0 Å². The summed E-state index contributed by atoms with van der Waals surface area (Å²) >= 11 is 0. The van der Waals surface area contributed by atoms with Crippen LogP contribution in [0.1, 0.15) is 65.7 Å². The molecule has 0 saturated carbocycles. The molecule has 0 amide bonds. The summed E-state index contributed by atoms with van der Waals surface area (Å²) in [5.41, 5.74) is 0. The van der Waals surface area contributed by atoms with Gasteiger partial charge in [0.05, 0.1) is 6.10 Å². The van der Waals surface area contributed by atoms with Crippen molar-refractivity contribution < 1.29 is 4.74 Å². The quantitative estimate of drug-likeness (QED) is 0.699. The molecule has 1 saturated heterocycles. The zero-order valence-corrected chi connectivity index (χ0v) is 12.0. The van der Waals surface area contributed by atoms with Crippen molar-refractivity contribution in [3.05, 3.63) is 0 Å². The van der Waals surface area contributed by atoms with Crippen LogP contribution in [0.5, 0.6) is 0 Å². The Morgan fingerprint density at radius 2 is 2.12 bits per heavy atom. The minimum absolute atomic E-state index is 0.543. The SMILES string of the molecule is CCNC(CCC1CCCCO1)CC(C)CC. The van der Waals surface area contributed by atoms with Crippen molar-refractivity contribution in [2.24, 2.45) is 5.92 Å². The number of ether oxygens (including phenoxy) is 1. The summed E-state index contributed by atoms with van der Waals surface area (Å²) in [6, 6.07) is 0.695. The molecule has 2 nitrogen and oxygen atoms in total. The summed E-state index contributed by atoms with van der Waals surface area (Å²) < 4.78 is 5.81. The molecule has 1 heterocycles. The molecule has 1 rings (SSSR count). The fraction of sp³-hybridized carbons (Fsp3) is 1.00. The van der Waals surface area contributed by atoms with Crippen LogP contribution in [0.4, 0.5) is 0 Å². The number of nitrogens with one attached hydrogen (secondary N) is 1. The summed E-state index contributed by atoms with van der Waals surface area (Å²) in [6.07, 6.45) is 9.58. The van der Waals surface area contributed by atoms with Gasteiger partial charge in [-0.25, -0.2) is 0 Å². The van der Waals surface area contributed by atoms with Crippen molar-refractivity contribution in [1.82, 2.24) is 5.32 Å². The lowest BCUT2D eigenvalue weighted by atomic mass is 9.94. The highest BCUT2D eigenvalue weighted by Gasteiger charge is 2.17. The lowest BCUT2D eigenvalue weighted by Gasteiger charge is -2.26. The van der Waals surface area contributed by atoms with E-state index in [-0.39, 0.29) is 0 Å². The van der Waals surface area contributed by atoms with Gasteiger partial charge in [-0.15, -0.1) is 0 Å². The fourth-order valence-electron chi connectivity index (χ4n) is 2.67. The van der Waals surface area contributed by atoms with E-state index >= 15 is 0 Å².